The second-order valence-electron chi connectivity index (χ2n) is 11.1. The third-order valence-corrected chi connectivity index (χ3v) is 8.39. The van der Waals surface area contributed by atoms with Crippen LogP contribution in [0.15, 0.2) is 110 Å². The van der Waals surface area contributed by atoms with Crippen LogP contribution < -0.4 is 0 Å². The van der Waals surface area contributed by atoms with Gasteiger partial charge >= 0.3 is 0 Å². The van der Waals surface area contributed by atoms with E-state index < -0.39 is 0 Å². The summed E-state index contributed by atoms with van der Waals surface area (Å²) >= 11 is 0. The number of H-pyrrole nitrogens is 4. The van der Waals surface area contributed by atoms with E-state index in [1.807, 2.05) is 48.8 Å². The summed E-state index contributed by atoms with van der Waals surface area (Å²) in [4.78, 5) is 33.5. The molecular formula is C38H26N8. The molecule has 0 saturated carbocycles. The Balaban J connectivity index is 1.49. The first-order chi connectivity index (χ1) is 22.8. The van der Waals surface area contributed by atoms with Crippen LogP contribution in [0.4, 0.5) is 0 Å². The second kappa shape index (κ2) is 10.6. The molecule has 2 aliphatic heterocycles. The standard InChI is InChI=1S/C38H26N8/c1-3-7-23(8-4-1)35-25-11-15-29(43-25)37(33-19-39-21-41-33)31-17-13-27(45-31)36(24-9-5-2-6-10-24)28-14-18-32(46-28)38(34-20-40-22-42-34)30-16-12-26(35)44-30/h1-22,43,46H,(H,39,41)(H,40,42). The number of hydrogen-bond acceptors (Lipinski definition) is 4. The van der Waals surface area contributed by atoms with Crippen molar-refractivity contribution in [2.24, 2.45) is 0 Å². The number of aromatic amines is 4. The van der Waals surface area contributed by atoms with E-state index in [1.165, 1.54) is 0 Å². The van der Waals surface area contributed by atoms with E-state index in [0.717, 1.165) is 89.6 Å². The molecule has 2 aromatic carbocycles. The first-order valence-corrected chi connectivity index (χ1v) is 15.1. The Morgan fingerprint density at radius 3 is 1.13 bits per heavy atom. The molecule has 8 heteroatoms. The van der Waals surface area contributed by atoms with Gasteiger partial charge in [-0.2, -0.15) is 0 Å². The number of imidazole rings is 2. The van der Waals surface area contributed by atoms with Crippen LogP contribution in [-0.2, 0) is 0 Å². The summed E-state index contributed by atoms with van der Waals surface area (Å²) in [5, 5.41) is 0. The number of fused-ring (bicyclic) bond motifs is 8. The maximum absolute atomic E-state index is 5.25. The van der Waals surface area contributed by atoms with Gasteiger partial charge in [-0.15, -0.1) is 0 Å². The summed E-state index contributed by atoms with van der Waals surface area (Å²) in [6.45, 7) is 0. The first kappa shape index (κ1) is 25.9. The van der Waals surface area contributed by atoms with Crippen LogP contribution in [0.3, 0.4) is 0 Å². The minimum atomic E-state index is 0.802. The molecular weight excluding hydrogens is 568 g/mol. The predicted octanol–water partition coefficient (Wildman–Crippen LogP) is 8.77. The molecule has 0 spiro atoms. The summed E-state index contributed by atoms with van der Waals surface area (Å²) in [6, 6.07) is 29.1. The van der Waals surface area contributed by atoms with E-state index in [1.54, 1.807) is 12.7 Å². The molecule has 5 aromatic heterocycles. The van der Waals surface area contributed by atoms with Crippen molar-refractivity contribution >= 4 is 46.4 Å². The molecule has 0 radical (unpaired) electrons. The Labute approximate surface area is 263 Å². The quantitative estimate of drug-likeness (QED) is 0.163. The van der Waals surface area contributed by atoms with E-state index in [0.29, 0.717) is 0 Å². The van der Waals surface area contributed by atoms with Gasteiger partial charge in [0.25, 0.3) is 0 Å². The molecule has 0 aliphatic carbocycles. The fourth-order valence-corrected chi connectivity index (χ4v) is 6.36. The van der Waals surface area contributed by atoms with E-state index in [9.17, 15) is 0 Å². The minimum Gasteiger partial charge on any atom is -0.354 e. The fourth-order valence-electron chi connectivity index (χ4n) is 6.36. The van der Waals surface area contributed by atoms with E-state index in [-0.39, 0.29) is 0 Å². The zero-order valence-electron chi connectivity index (χ0n) is 24.5. The third kappa shape index (κ3) is 4.31. The average Bonchev–Trinajstić information content (AvgIpc) is 3.93. The van der Waals surface area contributed by atoms with Gasteiger partial charge in [0.2, 0.25) is 0 Å². The van der Waals surface area contributed by atoms with Gasteiger partial charge in [-0.3, -0.25) is 0 Å². The highest BCUT2D eigenvalue weighted by atomic mass is 14.9. The molecule has 7 aromatic rings. The highest BCUT2D eigenvalue weighted by Crippen LogP contribution is 2.37. The molecule has 0 fully saturated rings. The van der Waals surface area contributed by atoms with Crippen LogP contribution in [0.2, 0.25) is 0 Å². The van der Waals surface area contributed by atoms with E-state index >= 15 is 0 Å². The molecule has 0 unspecified atom stereocenters. The van der Waals surface area contributed by atoms with Crippen molar-refractivity contribution in [2.45, 2.75) is 0 Å². The lowest BCUT2D eigenvalue weighted by molar-refractivity contribution is 1.29. The van der Waals surface area contributed by atoms with Crippen molar-refractivity contribution in [3.05, 3.63) is 133 Å². The lowest BCUT2D eigenvalue weighted by Gasteiger charge is -2.05. The molecule has 218 valence electrons. The van der Waals surface area contributed by atoms with Gasteiger partial charge < -0.3 is 19.9 Å². The van der Waals surface area contributed by atoms with Crippen molar-refractivity contribution in [2.75, 3.05) is 0 Å². The number of hydrogen-bond donors (Lipinski definition) is 4. The van der Waals surface area contributed by atoms with Crippen molar-refractivity contribution < 1.29 is 0 Å². The third-order valence-electron chi connectivity index (χ3n) is 8.39. The molecule has 9 rings (SSSR count). The number of rotatable bonds is 4. The van der Waals surface area contributed by atoms with E-state index in [2.05, 4.69) is 103 Å². The monoisotopic (exact) mass is 594 g/mol. The van der Waals surface area contributed by atoms with Gasteiger partial charge in [0, 0.05) is 34.6 Å². The minimum absolute atomic E-state index is 0.802. The molecule has 46 heavy (non-hydrogen) atoms. The Kier molecular flexibility index (Phi) is 5.95. The van der Waals surface area contributed by atoms with Crippen LogP contribution in [-0.4, -0.2) is 39.9 Å². The Morgan fingerprint density at radius 2 is 0.761 bits per heavy atom. The molecule has 8 bridgehead atoms. The summed E-state index contributed by atoms with van der Waals surface area (Å²) in [6.07, 6.45) is 15.5. The maximum Gasteiger partial charge on any atom is 0.0927 e. The smallest absolute Gasteiger partial charge is 0.0927 e. The van der Waals surface area contributed by atoms with Gasteiger partial charge in [0.15, 0.2) is 0 Å². The second-order valence-corrected chi connectivity index (χ2v) is 11.1. The number of aromatic nitrogens is 8. The van der Waals surface area contributed by atoms with Gasteiger partial charge in [0.1, 0.15) is 0 Å². The number of nitrogens with one attached hydrogen (secondary N) is 4. The SMILES string of the molecule is C1=Cc2nc1c(-c1ccccc1)c1ccc([nH]1)c(-c1c[nH]cn1)c1nc(c(-c3ccccc3)c3ccc([nH]3)c2-c2c[nH]cn2)C=C1. The normalized spacial score (nSPS) is 12.2. The van der Waals surface area contributed by atoms with Crippen LogP contribution in [0.1, 0.15) is 22.8 Å². The zero-order chi connectivity index (χ0) is 30.5. The van der Waals surface area contributed by atoms with Gasteiger partial charge in [-0.25, -0.2) is 19.9 Å². The van der Waals surface area contributed by atoms with Gasteiger partial charge in [-0.05, 0) is 59.7 Å². The predicted molar refractivity (Wildman–Crippen MR) is 185 cm³/mol. The highest BCUT2D eigenvalue weighted by molar-refractivity contribution is 5.99. The van der Waals surface area contributed by atoms with Crippen molar-refractivity contribution in [3.63, 3.8) is 0 Å². The van der Waals surface area contributed by atoms with Crippen molar-refractivity contribution in [1.29, 1.82) is 0 Å². The van der Waals surface area contributed by atoms with Crippen molar-refractivity contribution in [1.82, 2.24) is 39.9 Å². The largest absolute Gasteiger partial charge is 0.354 e. The lowest BCUT2D eigenvalue weighted by Crippen LogP contribution is -1.89. The first-order valence-electron chi connectivity index (χ1n) is 15.1. The molecule has 0 saturated heterocycles. The molecule has 0 atom stereocenters. The maximum atomic E-state index is 5.25. The molecule has 7 heterocycles. The highest BCUT2D eigenvalue weighted by Gasteiger charge is 2.19. The van der Waals surface area contributed by atoms with E-state index in [4.69, 9.17) is 9.97 Å². The molecule has 8 nitrogen and oxygen atoms in total. The zero-order valence-corrected chi connectivity index (χ0v) is 24.5. The number of nitrogens with zero attached hydrogens (tertiary/aromatic N) is 4. The average molecular weight is 595 g/mol. The van der Waals surface area contributed by atoms with Crippen LogP contribution in [0.25, 0.3) is 91.1 Å². The van der Waals surface area contributed by atoms with Crippen LogP contribution in [0, 0.1) is 0 Å². The summed E-state index contributed by atoms with van der Waals surface area (Å²) in [5.74, 6) is 0. The van der Waals surface area contributed by atoms with Crippen LogP contribution in [0.5, 0.6) is 0 Å². The molecule has 2 aliphatic rings. The Morgan fingerprint density at radius 1 is 0.391 bits per heavy atom. The van der Waals surface area contributed by atoms with Gasteiger partial charge in [0.05, 0.1) is 69.0 Å². The summed E-state index contributed by atoms with van der Waals surface area (Å²) in [5.41, 5.74) is 14.6. The fraction of sp³-hybridized carbons (Fsp3) is 0. The molecule has 0 amide bonds. The number of benzene rings is 2. The van der Waals surface area contributed by atoms with Gasteiger partial charge in [-0.1, -0.05) is 60.7 Å². The van der Waals surface area contributed by atoms with Crippen LogP contribution >= 0.6 is 0 Å². The Hall–Kier alpha value is -6.54. The summed E-state index contributed by atoms with van der Waals surface area (Å²) in [7, 11) is 0. The summed E-state index contributed by atoms with van der Waals surface area (Å²) < 4.78 is 0. The topological polar surface area (TPSA) is 115 Å². The lowest BCUT2D eigenvalue weighted by atomic mass is 10.0. The molecule has 4 N–H and O–H groups in total. The van der Waals surface area contributed by atoms with Crippen molar-refractivity contribution in [3.8, 4) is 44.8 Å². The Bertz CT molecular complexity index is 2270.